The minimum Gasteiger partial charge on any atom is -0.389 e. The summed E-state index contributed by atoms with van der Waals surface area (Å²) in [6, 6.07) is 0. The number of hydrogen-bond donors (Lipinski definition) is 1. The summed E-state index contributed by atoms with van der Waals surface area (Å²) in [6.07, 6.45) is 5.53. The van der Waals surface area contributed by atoms with Crippen LogP contribution in [0.15, 0.2) is 11.6 Å². The molecule has 0 radical (unpaired) electrons. The first kappa shape index (κ1) is 9.79. The van der Waals surface area contributed by atoms with Crippen LogP contribution in [0.5, 0.6) is 0 Å². The molecule has 0 aromatic heterocycles. The molecule has 0 aromatic rings. The van der Waals surface area contributed by atoms with Crippen LogP contribution in [-0.2, 0) is 0 Å². The summed E-state index contributed by atoms with van der Waals surface area (Å²) in [6.45, 7) is 6.41. The molecule has 1 aliphatic rings. The highest BCUT2D eigenvalue weighted by Gasteiger charge is 2.19. The zero-order chi connectivity index (χ0) is 9.14. The first-order valence-electron chi connectivity index (χ1n) is 4.98. The maximum Gasteiger partial charge on any atom is 0.0695 e. The molecular formula is C11H20O. The molecule has 0 aliphatic heterocycles. The first-order chi connectivity index (χ1) is 5.59. The molecule has 1 heteroatoms. The normalized spacial score (nSPS) is 36.8. The third-order valence-electron chi connectivity index (χ3n) is 2.77. The van der Waals surface area contributed by atoms with Gasteiger partial charge in [0.2, 0.25) is 0 Å². The number of aliphatic hydroxyl groups is 1. The van der Waals surface area contributed by atoms with Crippen molar-refractivity contribution in [1.82, 2.24) is 0 Å². The second kappa shape index (κ2) is 4.08. The van der Waals surface area contributed by atoms with Gasteiger partial charge in [0.15, 0.2) is 0 Å². The van der Waals surface area contributed by atoms with Gasteiger partial charge in [-0.25, -0.2) is 0 Å². The Kier molecular flexibility index (Phi) is 3.33. The van der Waals surface area contributed by atoms with Gasteiger partial charge < -0.3 is 5.11 Å². The van der Waals surface area contributed by atoms with Crippen molar-refractivity contribution >= 4 is 0 Å². The minimum atomic E-state index is -0.268. The summed E-state index contributed by atoms with van der Waals surface area (Å²) < 4.78 is 0. The molecule has 0 saturated heterocycles. The summed E-state index contributed by atoms with van der Waals surface area (Å²) >= 11 is 0. The lowest BCUT2D eigenvalue weighted by atomic mass is 9.79. The van der Waals surface area contributed by atoms with E-state index in [0.29, 0.717) is 5.92 Å². The maximum atomic E-state index is 9.21. The fraction of sp³-hybridized carbons (Fsp3) is 0.818. The third-order valence-corrected chi connectivity index (χ3v) is 2.77. The van der Waals surface area contributed by atoms with Crippen LogP contribution in [0.4, 0.5) is 0 Å². The lowest BCUT2D eigenvalue weighted by Crippen LogP contribution is -2.14. The molecular weight excluding hydrogens is 148 g/mol. The molecule has 1 nitrogen and oxygen atoms in total. The van der Waals surface area contributed by atoms with Gasteiger partial charge in [0.05, 0.1) is 6.10 Å². The Morgan fingerprint density at radius 1 is 1.50 bits per heavy atom. The lowest BCUT2D eigenvalue weighted by Gasteiger charge is -2.27. The van der Waals surface area contributed by atoms with Crippen LogP contribution in [0.25, 0.3) is 0 Å². The van der Waals surface area contributed by atoms with Crippen molar-refractivity contribution in [2.75, 3.05) is 0 Å². The lowest BCUT2D eigenvalue weighted by molar-refractivity contribution is 0.239. The number of allylic oxidation sites excluding steroid dienone is 1. The number of hydrogen-bond acceptors (Lipinski definition) is 1. The van der Waals surface area contributed by atoms with E-state index in [2.05, 4.69) is 13.8 Å². The Hall–Kier alpha value is -0.300. The average Bonchev–Trinajstić information content (AvgIpc) is 1.94. The third kappa shape index (κ3) is 2.63. The van der Waals surface area contributed by atoms with Gasteiger partial charge in [-0.15, -0.1) is 0 Å². The summed E-state index contributed by atoms with van der Waals surface area (Å²) in [4.78, 5) is 0. The molecule has 3 unspecified atom stereocenters. The average molecular weight is 168 g/mol. The monoisotopic (exact) mass is 168 g/mol. The molecule has 0 heterocycles. The van der Waals surface area contributed by atoms with E-state index in [9.17, 15) is 5.11 Å². The molecule has 0 aromatic carbocycles. The van der Waals surface area contributed by atoms with Gasteiger partial charge in [0.25, 0.3) is 0 Å². The highest BCUT2D eigenvalue weighted by atomic mass is 16.3. The van der Waals surface area contributed by atoms with Crippen LogP contribution in [0.2, 0.25) is 0 Å². The van der Waals surface area contributed by atoms with Gasteiger partial charge in [-0.2, -0.15) is 0 Å². The summed E-state index contributed by atoms with van der Waals surface area (Å²) in [5, 5.41) is 9.21. The van der Waals surface area contributed by atoms with E-state index >= 15 is 0 Å². The molecule has 0 bridgehead atoms. The van der Waals surface area contributed by atoms with E-state index in [4.69, 9.17) is 0 Å². The summed E-state index contributed by atoms with van der Waals surface area (Å²) in [5.41, 5.74) is 1.46. The Balaban J connectivity index is 2.56. The Bertz CT molecular complexity index is 170. The van der Waals surface area contributed by atoms with Gasteiger partial charge in [0, 0.05) is 0 Å². The van der Waals surface area contributed by atoms with E-state index in [-0.39, 0.29) is 6.10 Å². The second-order valence-corrected chi connectivity index (χ2v) is 4.26. The van der Waals surface area contributed by atoms with Crippen LogP contribution >= 0.6 is 0 Å². The van der Waals surface area contributed by atoms with Crippen molar-refractivity contribution in [1.29, 1.82) is 0 Å². The first-order valence-corrected chi connectivity index (χ1v) is 4.98. The molecule has 70 valence electrons. The van der Waals surface area contributed by atoms with E-state index in [0.717, 1.165) is 5.92 Å². The SMILES string of the molecule is CC(O)/C=C1/CCC(C)CC1C. The molecule has 0 amide bonds. The molecule has 1 fully saturated rings. The van der Waals surface area contributed by atoms with Crippen LogP contribution in [0, 0.1) is 11.8 Å². The molecule has 1 N–H and O–H groups in total. The Morgan fingerprint density at radius 3 is 2.67 bits per heavy atom. The smallest absolute Gasteiger partial charge is 0.0695 e. The number of rotatable bonds is 1. The van der Waals surface area contributed by atoms with E-state index < -0.39 is 0 Å². The molecule has 0 spiro atoms. The van der Waals surface area contributed by atoms with Crippen molar-refractivity contribution in [2.45, 2.75) is 46.1 Å². The minimum absolute atomic E-state index is 0.268. The topological polar surface area (TPSA) is 20.2 Å². The molecule has 12 heavy (non-hydrogen) atoms. The molecule has 3 atom stereocenters. The summed E-state index contributed by atoms with van der Waals surface area (Å²) in [7, 11) is 0. The van der Waals surface area contributed by atoms with Gasteiger partial charge in [0.1, 0.15) is 0 Å². The Morgan fingerprint density at radius 2 is 2.17 bits per heavy atom. The van der Waals surface area contributed by atoms with E-state index in [1.54, 1.807) is 0 Å². The van der Waals surface area contributed by atoms with Gasteiger partial charge in [-0.3, -0.25) is 0 Å². The quantitative estimate of drug-likeness (QED) is 0.597. The highest BCUT2D eigenvalue weighted by Crippen LogP contribution is 2.32. The van der Waals surface area contributed by atoms with Gasteiger partial charge >= 0.3 is 0 Å². The predicted octanol–water partition coefficient (Wildman–Crippen LogP) is 2.75. The van der Waals surface area contributed by atoms with Crippen LogP contribution in [-0.4, -0.2) is 11.2 Å². The standard InChI is InChI=1S/C11H20O/c1-8-4-5-11(7-10(3)12)9(2)6-8/h7-10,12H,4-6H2,1-3H3/b11-7-. The second-order valence-electron chi connectivity index (χ2n) is 4.26. The zero-order valence-electron chi connectivity index (χ0n) is 8.38. The van der Waals surface area contributed by atoms with Crippen LogP contribution < -0.4 is 0 Å². The highest BCUT2D eigenvalue weighted by molar-refractivity contribution is 5.10. The summed E-state index contributed by atoms with van der Waals surface area (Å²) in [5.74, 6) is 1.55. The maximum absolute atomic E-state index is 9.21. The number of aliphatic hydroxyl groups excluding tert-OH is 1. The molecule has 1 rings (SSSR count). The fourth-order valence-corrected chi connectivity index (χ4v) is 2.09. The van der Waals surface area contributed by atoms with Crippen molar-refractivity contribution in [3.05, 3.63) is 11.6 Å². The largest absolute Gasteiger partial charge is 0.389 e. The molecule has 1 aliphatic carbocycles. The fourth-order valence-electron chi connectivity index (χ4n) is 2.09. The van der Waals surface area contributed by atoms with Crippen molar-refractivity contribution < 1.29 is 5.11 Å². The van der Waals surface area contributed by atoms with Crippen molar-refractivity contribution in [2.24, 2.45) is 11.8 Å². The van der Waals surface area contributed by atoms with Crippen molar-refractivity contribution in [3.8, 4) is 0 Å². The van der Waals surface area contributed by atoms with Crippen molar-refractivity contribution in [3.63, 3.8) is 0 Å². The van der Waals surface area contributed by atoms with Crippen LogP contribution in [0.3, 0.4) is 0 Å². The van der Waals surface area contributed by atoms with E-state index in [1.807, 2.05) is 13.0 Å². The Labute approximate surface area is 75.5 Å². The molecule has 1 saturated carbocycles. The zero-order valence-corrected chi connectivity index (χ0v) is 8.38. The van der Waals surface area contributed by atoms with Gasteiger partial charge in [-0.05, 0) is 38.0 Å². The van der Waals surface area contributed by atoms with Gasteiger partial charge in [-0.1, -0.05) is 25.5 Å². The van der Waals surface area contributed by atoms with E-state index in [1.165, 1.54) is 24.8 Å². The van der Waals surface area contributed by atoms with Crippen LogP contribution in [0.1, 0.15) is 40.0 Å². The predicted molar refractivity (Wildman–Crippen MR) is 51.9 cm³/mol.